The van der Waals surface area contributed by atoms with Crippen LogP contribution in [0.3, 0.4) is 0 Å². The molecule has 0 aliphatic carbocycles. The smallest absolute Gasteiger partial charge is 0.0574 e. The van der Waals surface area contributed by atoms with Crippen molar-refractivity contribution < 1.29 is 5.11 Å². The highest BCUT2D eigenvalue weighted by atomic mass is 16.3. The first-order chi connectivity index (χ1) is 12.2. The van der Waals surface area contributed by atoms with Crippen LogP contribution in [0, 0.1) is 0 Å². The Morgan fingerprint density at radius 2 is 1.76 bits per heavy atom. The Morgan fingerprint density at radius 3 is 2.36 bits per heavy atom. The van der Waals surface area contributed by atoms with Crippen molar-refractivity contribution in [2.75, 3.05) is 37.6 Å². The molecule has 25 heavy (non-hydrogen) atoms. The van der Waals surface area contributed by atoms with E-state index < -0.39 is 0 Å². The zero-order chi connectivity index (χ0) is 17.6. The largest absolute Gasteiger partial charge is 0.393 e. The number of nitrogens with one attached hydrogen (secondary N) is 1. The molecular formula is C21H33N3O. The number of hydrogen-bond acceptors (Lipinski definition) is 4. The lowest BCUT2D eigenvalue weighted by molar-refractivity contribution is 0.145. The van der Waals surface area contributed by atoms with Crippen molar-refractivity contribution in [1.29, 1.82) is 0 Å². The molecule has 0 radical (unpaired) electrons. The summed E-state index contributed by atoms with van der Waals surface area (Å²) in [5.41, 5.74) is 2.63. The van der Waals surface area contributed by atoms with E-state index in [1.165, 1.54) is 24.1 Å². The molecule has 0 aromatic heterocycles. The lowest BCUT2D eigenvalue weighted by atomic mass is 10.0. The number of anilines is 1. The Kier molecular flexibility index (Phi) is 6.51. The topological polar surface area (TPSA) is 38.7 Å². The second-order valence-corrected chi connectivity index (χ2v) is 7.56. The van der Waals surface area contributed by atoms with Crippen LogP contribution in [-0.4, -0.2) is 54.9 Å². The van der Waals surface area contributed by atoms with Crippen molar-refractivity contribution in [1.82, 2.24) is 10.2 Å². The molecule has 2 fully saturated rings. The summed E-state index contributed by atoms with van der Waals surface area (Å²) in [7, 11) is 0. The summed E-state index contributed by atoms with van der Waals surface area (Å²) in [6.07, 6.45) is 6.08. The third kappa shape index (κ3) is 5.06. The number of aliphatic hydroxyl groups is 1. The highest BCUT2D eigenvalue weighted by Crippen LogP contribution is 2.23. The van der Waals surface area contributed by atoms with Gasteiger partial charge in [-0.1, -0.05) is 18.2 Å². The molecule has 0 spiro atoms. The summed E-state index contributed by atoms with van der Waals surface area (Å²) in [5, 5.41) is 13.5. The molecule has 0 bridgehead atoms. The van der Waals surface area contributed by atoms with Crippen LogP contribution in [0.15, 0.2) is 36.9 Å². The number of nitrogens with zero attached hydrogens (tertiary/aromatic N) is 2. The molecule has 0 amide bonds. The Bertz CT molecular complexity index is 529. The highest BCUT2D eigenvalue weighted by molar-refractivity contribution is 5.48. The Balaban J connectivity index is 1.49. The van der Waals surface area contributed by atoms with Gasteiger partial charge >= 0.3 is 0 Å². The van der Waals surface area contributed by atoms with Crippen LogP contribution in [0.4, 0.5) is 5.69 Å². The van der Waals surface area contributed by atoms with Gasteiger partial charge in [0.1, 0.15) is 0 Å². The number of piperidine rings is 2. The third-order valence-corrected chi connectivity index (χ3v) is 5.68. The van der Waals surface area contributed by atoms with Gasteiger partial charge < -0.3 is 15.3 Å². The molecule has 2 heterocycles. The third-order valence-electron chi connectivity index (χ3n) is 5.68. The highest BCUT2D eigenvalue weighted by Gasteiger charge is 2.21. The van der Waals surface area contributed by atoms with E-state index in [4.69, 9.17) is 0 Å². The lowest BCUT2D eigenvalue weighted by Gasteiger charge is -2.34. The Labute approximate surface area is 152 Å². The maximum Gasteiger partial charge on any atom is 0.0574 e. The normalized spacial score (nSPS) is 22.1. The maximum absolute atomic E-state index is 9.65. The molecule has 138 valence electrons. The van der Waals surface area contributed by atoms with Crippen LogP contribution in [0.25, 0.3) is 0 Å². The second-order valence-electron chi connectivity index (χ2n) is 7.56. The van der Waals surface area contributed by atoms with Gasteiger partial charge in [0.15, 0.2) is 0 Å². The van der Waals surface area contributed by atoms with Gasteiger partial charge in [0.05, 0.1) is 6.10 Å². The van der Waals surface area contributed by atoms with Crippen LogP contribution in [0.5, 0.6) is 0 Å². The van der Waals surface area contributed by atoms with E-state index in [0.29, 0.717) is 12.1 Å². The van der Waals surface area contributed by atoms with Gasteiger partial charge in [0.25, 0.3) is 0 Å². The molecule has 2 saturated heterocycles. The molecule has 2 aliphatic heterocycles. The zero-order valence-corrected chi connectivity index (χ0v) is 15.5. The van der Waals surface area contributed by atoms with Crippen LogP contribution in [0.1, 0.15) is 44.2 Å². The average molecular weight is 344 g/mol. The minimum absolute atomic E-state index is 0.113. The van der Waals surface area contributed by atoms with E-state index in [1.807, 2.05) is 6.08 Å². The molecule has 4 heteroatoms. The summed E-state index contributed by atoms with van der Waals surface area (Å²) in [6.45, 7) is 11.3. The summed E-state index contributed by atoms with van der Waals surface area (Å²) < 4.78 is 0. The maximum atomic E-state index is 9.65. The molecular weight excluding hydrogens is 310 g/mol. The number of hydrogen-bond donors (Lipinski definition) is 2. The monoisotopic (exact) mass is 343 g/mol. The van der Waals surface area contributed by atoms with Crippen LogP contribution >= 0.6 is 0 Å². The fourth-order valence-electron chi connectivity index (χ4n) is 4.01. The number of benzene rings is 1. The van der Waals surface area contributed by atoms with Crippen molar-refractivity contribution in [2.45, 2.75) is 50.8 Å². The van der Waals surface area contributed by atoms with E-state index in [-0.39, 0.29) is 6.10 Å². The van der Waals surface area contributed by atoms with Crippen molar-refractivity contribution >= 4 is 5.69 Å². The van der Waals surface area contributed by atoms with Gasteiger partial charge in [0, 0.05) is 37.4 Å². The van der Waals surface area contributed by atoms with Gasteiger partial charge in [-0.25, -0.2) is 0 Å². The van der Waals surface area contributed by atoms with Gasteiger partial charge in [-0.15, -0.1) is 6.58 Å². The van der Waals surface area contributed by atoms with Gasteiger partial charge in [0.2, 0.25) is 0 Å². The first kappa shape index (κ1) is 18.4. The summed E-state index contributed by atoms with van der Waals surface area (Å²) in [5.74, 6) is 0. The quantitative estimate of drug-likeness (QED) is 0.779. The summed E-state index contributed by atoms with van der Waals surface area (Å²) in [6, 6.07) is 9.97. The lowest BCUT2D eigenvalue weighted by Crippen LogP contribution is -2.43. The molecule has 2 aliphatic rings. The van der Waals surface area contributed by atoms with Crippen LogP contribution in [0.2, 0.25) is 0 Å². The van der Waals surface area contributed by atoms with Crippen molar-refractivity contribution in [3.8, 4) is 0 Å². The van der Waals surface area contributed by atoms with E-state index in [2.05, 4.69) is 52.9 Å². The number of aliphatic hydroxyl groups excluding tert-OH is 1. The standard InChI is InChI=1S/C21H33N3O/c1-3-12-23-13-8-19(9-14-23)22-17(2)18-4-6-20(7-5-18)24-15-10-21(25)11-16-24/h3-7,17,19,21-22,25H,1,8-16H2,2H3. The molecule has 4 nitrogen and oxygen atoms in total. The minimum Gasteiger partial charge on any atom is -0.393 e. The van der Waals surface area contributed by atoms with E-state index in [9.17, 15) is 5.11 Å². The van der Waals surface area contributed by atoms with Gasteiger partial charge in [-0.2, -0.15) is 0 Å². The summed E-state index contributed by atoms with van der Waals surface area (Å²) in [4.78, 5) is 4.85. The first-order valence-corrected chi connectivity index (χ1v) is 9.78. The Morgan fingerprint density at radius 1 is 1.12 bits per heavy atom. The van der Waals surface area contributed by atoms with Gasteiger partial charge in [-0.05, 0) is 63.4 Å². The zero-order valence-electron chi connectivity index (χ0n) is 15.5. The van der Waals surface area contributed by atoms with Gasteiger partial charge in [-0.3, -0.25) is 4.90 Å². The first-order valence-electron chi connectivity index (χ1n) is 9.78. The minimum atomic E-state index is -0.113. The predicted octanol–water partition coefficient (Wildman–Crippen LogP) is 2.95. The van der Waals surface area contributed by atoms with Crippen molar-refractivity contribution in [3.05, 3.63) is 42.5 Å². The summed E-state index contributed by atoms with van der Waals surface area (Å²) >= 11 is 0. The molecule has 2 N–H and O–H groups in total. The van der Waals surface area contributed by atoms with Crippen LogP contribution < -0.4 is 10.2 Å². The molecule has 1 aromatic carbocycles. The fourth-order valence-corrected chi connectivity index (χ4v) is 4.01. The fraction of sp³-hybridized carbons (Fsp3) is 0.619. The average Bonchev–Trinajstić information content (AvgIpc) is 2.64. The van der Waals surface area contributed by atoms with Crippen molar-refractivity contribution in [2.24, 2.45) is 0 Å². The Hall–Kier alpha value is -1.36. The van der Waals surface area contributed by atoms with E-state index >= 15 is 0 Å². The number of rotatable bonds is 6. The second kappa shape index (κ2) is 8.84. The van der Waals surface area contributed by atoms with Crippen LogP contribution in [-0.2, 0) is 0 Å². The molecule has 3 rings (SSSR count). The van der Waals surface area contributed by atoms with Crippen molar-refractivity contribution in [3.63, 3.8) is 0 Å². The van der Waals surface area contributed by atoms with E-state index in [0.717, 1.165) is 45.6 Å². The molecule has 1 atom stereocenters. The molecule has 1 unspecified atom stereocenters. The SMILES string of the molecule is C=CCN1CCC(NC(C)c2ccc(N3CCC(O)CC3)cc2)CC1. The molecule has 1 aromatic rings. The number of likely N-dealkylation sites (tertiary alicyclic amines) is 1. The molecule has 0 saturated carbocycles. The van der Waals surface area contributed by atoms with E-state index in [1.54, 1.807) is 0 Å². The predicted molar refractivity (Wildman–Crippen MR) is 105 cm³/mol.